The first-order valence-electron chi connectivity index (χ1n) is 18.5. The molecule has 0 saturated carbocycles. The van der Waals surface area contributed by atoms with Crippen molar-refractivity contribution in [3.8, 4) is 11.3 Å². The lowest BCUT2D eigenvalue weighted by Crippen LogP contribution is -2.54. The van der Waals surface area contributed by atoms with Gasteiger partial charge in [-0.15, -0.1) is 6.58 Å². The smallest absolute Gasteiger partial charge is 0.262 e. The van der Waals surface area contributed by atoms with E-state index >= 15 is 0 Å². The molecule has 1 atom stereocenters. The molecule has 6 heterocycles. The number of fused-ring (bicyclic) bond motifs is 2. The van der Waals surface area contributed by atoms with Crippen LogP contribution in [0.2, 0.25) is 0 Å². The molecule has 54 heavy (non-hydrogen) atoms. The standard InChI is InChI=1S/C40H42N10O4/c1-2-3-19-49-24-27(23-43-49)35-31-13-17-42-36(31)47-40(46-35)44-28-7-5-25(6-8-28)26-14-20-48(21-15-26)18-4-16-41-29-9-10-30-32(22-29)39(54)50(38(30)53)33-11-12-34(51)45-37(33)52/h2,5-10,13,17,22-24,26,33,41H,1,3-4,11-12,14-16,18-21H2,(H,45,51,52)(H2,42,44,46,47). The van der Waals surface area contributed by atoms with Crippen molar-refractivity contribution in [2.24, 2.45) is 0 Å². The lowest BCUT2D eigenvalue weighted by atomic mass is 9.89. The second-order valence-electron chi connectivity index (χ2n) is 14.1. The Morgan fingerprint density at radius 1 is 0.907 bits per heavy atom. The molecular weight excluding hydrogens is 685 g/mol. The summed E-state index contributed by atoms with van der Waals surface area (Å²) in [6.07, 6.45) is 11.8. The largest absolute Gasteiger partial charge is 0.385 e. The fourth-order valence-electron chi connectivity index (χ4n) is 7.62. The maximum Gasteiger partial charge on any atom is 0.262 e. The minimum Gasteiger partial charge on any atom is -0.385 e. The van der Waals surface area contributed by atoms with Crippen molar-refractivity contribution in [1.29, 1.82) is 0 Å². The number of carbonyl (C=O) groups is 4. The zero-order chi connectivity index (χ0) is 37.2. The Bertz CT molecular complexity index is 2230. The SMILES string of the molecule is C=CCCn1cc(-c2nc(Nc3ccc(C4CCN(CCCNc5ccc6c(c5)C(=O)N(C5CCC(=O)NC5=O)C6=O)CC4)cc3)nc3[nH]ccc23)cn1. The van der Waals surface area contributed by atoms with Gasteiger partial charge in [-0.2, -0.15) is 10.1 Å². The van der Waals surface area contributed by atoms with E-state index in [9.17, 15) is 19.2 Å². The molecule has 4 amide bonds. The molecule has 0 bridgehead atoms. The third-order valence-electron chi connectivity index (χ3n) is 10.5. The van der Waals surface area contributed by atoms with Gasteiger partial charge in [0.1, 0.15) is 11.7 Å². The summed E-state index contributed by atoms with van der Waals surface area (Å²) in [5.74, 6) is -0.985. The topological polar surface area (TPSA) is 170 Å². The predicted octanol–water partition coefficient (Wildman–Crippen LogP) is 5.22. The molecule has 0 spiro atoms. The van der Waals surface area contributed by atoms with Crippen molar-refractivity contribution in [3.63, 3.8) is 0 Å². The first-order chi connectivity index (χ1) is 26.3. The molecular formula is C40H42N10O4. The van der Waals surface area contributed by atoms with Crippen molar-refractivity contribution in [1.82, 2.24) is 39.8 Å². The van der Waals surface area contributed by atoms with E-state index in [-0.39, 0.29) is 24.0 Å². The van der Waals surface area contributed by atoms with Gasteiger partial charge in [-0.25, -0.2) is 4.98 Å². The molecule has 3 aromatic heterocycles. The van der Waals surface area contributed by atoms with E-state index in [0.717, 1.165) is 90.4 Å². The van der Waals surface area contributed by atoms with E-state index < -0.39 is 29.7 Å². The number of nitrogens with zero attached hydrogens (tertiary/aromatic N) is 6. The highest BCUT2D eigenvalue weighted by molar-refractivity contribution is 6.23. The Kier molecular flexibility index (Phi) is 9.74. The molecule has 0 radical (unpaired) electrons. The Morgan fingerprint density at radius 2 is 1.70 bits per heavy atom. The van der Waals surface area contributed by atoms with Crippen molar-refractivity contribution in [2.75, 3.05) is 36.8 Å². The van der Waals surface area contributed by atoms with Crippen LogP contribution in [0.15, 0.2) is 79.8 Å². The normalized spacial score (nSPS) is 17.9. The van der Waals surface area contributed by atoms with Gasteiger partial charge < -0.3 is 20.5 Å². The highest BCUT2D eigenvalue weighted by atomic mass is 16.2. The lowest BCUT2D eigenvalue weighted by molar-refractivity contribution is -0.136. The number of nitrogens with one attached hydrogen (secondary N) is 4. The summed E-state index contributed by atoms with van der Waals surface area (Å²) < 4.78 is 1.90. The maximum absolute atomic E-state index is 13.1. The predicted molar refractivity (Wildman–Crippen MR) is 204 cm³/mol. The first-order valence-corrected chi connectivity index (χ1v) is 18.5. The molecule has 5 aromatic rings. The lowest BCUT2D eigenvalue weighted by Gasteiger charge is -2.32. The number of piperidine rings is 2. The van der Waals surface area contributed by atoms with Gasteiger partial charge in [0.2, 0.25) is 17.8 Å². The minimum atomic E-state index is -0.969. The zero-order valence-corrected chi connectivity index (χ0v) is 29.9. The summed E-state index contributed by atoms with van der Waals surface area (Å²) in [4.78, 5) is 66.3. The summed E-state index contributed by atoms with van der Waals surface area (Å²) in [5.41, 5.74) is 6.08. The molecule has 2 fully saturated rings. The maximum atomic E-state index is 13.1. The van der Waals surface area contributed by atoms with Crippen LogP contribution in [0.1, 0.15) is 70.7 Å². The van der Waals surface area contributed by atoms with Crippen LogP contribution in [-0.2, 0) is 16.1 Å². The summed E-state index contributed by atoms with van der Waals surface area (Å²) in [7, 11) is 0. The number of amides is 4. The van der Waals surface area contributed by atoms with Crippen LogP contribution in [0.5, 0.6) is 0 Å². The number of imide groups is 2. The highest BCUT2D eigenvalue weighted by Crippen LogP contribution is 2.32. The highest BCUT2D eigenvalue weighted by Gasteiger charge is 2.44. The van der Waals surface area contributed by atoms with Crippen LogP contribution in [0.4, 0.5) is 17.3 Å². The third kappa shape index (κ3) is 7.12. The second kappa shape index (κ2) is 15.1. The summed E-state index contributed by atoms with van der Waals surface area (Å²) in [6.45, 7) is 8.28. The fourth-order valence-corrected chi connectivity index (χ4v) is 7.62. The van der Waals surface area contributed by atoms with Crippen molar-refractivity contribution >= 4 is 52.0 Å². The van der Waals surface area contributed by atoms with Gasteiger partial charge in [-0.05, 0) is 99.6 Å². The molecule has 14 heteroatoms. The van der Waals surface area contributed by atoms with Crippen molar-refractivity contribution in [2.45, 2.75) is 57.0 Å². The number of anilines is 3. The monoisotopic (exact) mass is 726 g/mol. The molecule has 1 unspecified atom stereocenters. The number of hydrogen-bond donors (Lipinski definition) is 4. The first kappa shape index (κ1) is 34.9. The van der Waals surface area contributed by atoms with E-state index in [4.69, 9.17) is 9.97 Å². The van der Waals surface area contributed by atoms with Crippen LogP contribution >= 0.6 is 0 Å². The van der Waals surface area contributed by atoms with E-state index in [0.29, 0.717) is 18.4 Å². The van der Waals surface area contributed by atoms with E-state index in [1.165, 1.54) is 5.56 Å². The number of hydrogen-bond acceptors (Lipinski definition) is 10. The molecule has 14 nitrogen and oxygen atoms in total. The number of aromatic amines is 1. The number of aryl methyl sites for hydroxylation is 1. The number of H-pyrrole nitrogens is 1. The minimum absolute atomic E-state index is 0.0937. The average molecular weight is 727 g/mol. The second-order valence-corrected chi connectivity index (χ2v) is 14.1. The van der Waals surface area contributed by atoms with Crippen LogP contribution in [-0.4, -0.2) is 90.4 Å². The molecule has 4 N–H and O–H groups in total. The Balaban J connectivity index is 0.805. The van der Waals surface area contributed by atoms with Gasteiger partial charge in [0.15, 0.2) is 0 Å². The van der Waals surface area contributed by atoms with E-state index in [1.54, 1.807) is 18.2 Å². The van der Waals surface area contributed by atoms with Crippen LogP contribution in [0.25, 0.3) is 22.3 Å². The van der Waals surface area contributed by atoms with Gasteiger partial charge in [0, 0.05) is 54.2 Å². The molecule has 2 saturated heterocycles. The van der Waals surface area contributed by atoms with Gasteiger partial charge in [-0.1, -0.05) is 18.2 Å². The van der Waals surface area contributed by atoms with Crippen molar-refractivity contribution < 1.29 is 19.2 Å². The Hall–Kier alpha value is -6.15. The molecule has 0 aliphatic carbocycles. The molecule has 8 rings (SSSR count). The Morgan fingerprint density at radius 3 is 2.50 bits per heavy atom. The number of benzene rings is 2. The molecule has 2 aromatic carbocycles. The molecule has 3 aliphatic rings. The van der Waals surface area contributed by atoms with E-state index in [1.807, 2.05) is 35.4 Å². The summed E-state index contributed by atoms with van der Waals surface area (Å²) in [5, 5.41) is 14.4. The van der Waals surface area contributed by atoms with E-state index in [2.05, 4.69) is 61.8 Å². The quantitative estimate of drug-likeness (QED) is 0.0717. The molecule has 3 aliphatic heterocycles. The third-order valence-corrected chi connectivity index (χ3v) is 10.5. The van der Waals surface area contributed by atoms with Crippen LogP contribution < -0.4 is 16.0 Å². The van der Waals surface area contributed by atoms with Gasteiger partial charge in [-0.3, -0.25) is 34.1 Å². The van der Waals surface area contributed by atoms with Crippen LogP contribution in [0.3, 0.4) is 0 Å². The van der Waals surface area contributed by atoms with Gasteiger partial charge >= 0.3 is 0 Å². The zero-order valence-electron chi connectivity index (χ0n) is 29.9. The number of carbonyl (C=O) groups excluding carboxylic acids is 4. The summed E-state index contributed by atoms with van der Waals surface area (Å²) >= 11 is 0. The van der Waals surface area contributed by atoms with Gasteiger partial charge in [0.25, 0.3) is 11.8 Å². The molecule has 276 valence electrons. The van der Waals surface area contributed by atoms with Gasteiger partial charge in [0.05, 0.1) is 23.0 Å². The number of aromatic nitrogens is 5. The fraction of sp³-hybridized carbons (Fsp3) is 0.325. The average Bonchev–Trinajstić information content (AvgIpc) is 3.92. The number of likely N-dealkylation sites (tertiary alicyclic amines) is 1. The van der Waals surface area contributed by atoms with Crippen LogP contribution in [0, 0.1) is 0 Å². The number of allylic oxidation sites excluding steroid dienone is 1. The van der Waals surface area contributed by atoms with Crippen molar-refractivity contribution in [3.05, 3.63) is 96.5 Å². The number of rotatable bonds is 13. The Labute approximate surface area is 312 Å². The summed E-state index contributed by atoms with van der Waals surface area (Å²) in [6, 6.07) is 14.7.